The van der Waals surface area contributed by atoms with E-state index in [1.54, 1.807) is 12.4 Å². The zero-order valence-electron chi connectivity index (χ0n) is 9.84. The van der Waals surface area contributed by atoms with E-state index >= 15 is 0 Å². The van der Waals surface area contributed by atoms with Crippen molar-refractivity contribution in [1.29, 1.82) is 0 Å². The highest BCUT2D eigenvalue weighted by Crippen LogP contribution is 2.27. The number of hydrogen-bond acceptors (Lipinski definition) is 2. The lowest BCUT2D eigenvalue weighted by molar-refractivity contribution is 0.269. The van der Waals surface area contributed by atoms with Crippen molar-refractivity contribution < 1.29 is 0 Å². The quantitative estimate of drug-likeness (QED) is 0.844. The van der Waals surface area contributed by atoms with Crippen molar-refractivity contribution >= 4 is 17.3 Å². The maximum Gasteiger partial charge on any atom is 0.0820 e. The first-order valence-corrected chi connectivity index (χ1v) is 5.64. The Kier molecular flexibility index (Phi) is 3.97. The van der Waals surface area contributed by atoms with Crippen molar-refractivity contribution in [1.82, 2.24) is 4.98 Å². The van der Waals surface area contributed by atoms with Gasteiger partial charge in [-0.2, -0.15) is 0 Å². The molecule has 84 valence electrons. The number of anilines is 1. The standard InChI is InChI=1S/C12H19ClN2/c1-9(2)12(3,4)8-15-11-5-6-14-7-10(11)13/h5-7,9H,8H2,1-4H3,(H,14,15). The van der Waals surface area contributed by atoms with Gasteiger partial charge < -0.3 is 5.32 Å². The fourth-order valence-electron chi connectivity index (χ4n) is 1.05. The van der Waals surface area contributed by atoms with Gasteiger partial charge in [0.1, 0.15) is 0 Å². The minimum atomic E-state index is 0.257. The lowest BCUT2D eigenvalue weighted by Gasteiger charge is -2.30. The van der Waals surface area contributed by atoms with E-state index in [0.717, 1.165) is 12.2 Å². The summed E-state index contributed by atoms with van der Waals surface area (Å²) < 4.78 is 0. The second-order valence-electron chi connectivity index (χ2n) is 4.85. The molecular weight excluding hydrogens is 208 g/mol. The first-order valence-electron chi connectivity index (χ1n) is 5.27. The predicted molar refractivity (Wildman–Crippen MR) is 66.4 cm³/mol. The number of nitrogens with one attached hydrogen (secondary N) is 1. The average Bonchev–Trinajstić information content (AvgIpc) is 2.16. The molecule has 0 saturated carbocycles. The summed E-state index contributed by atoms with van der Waals surface area (Å²) in [5.41, 5.74) is 1.22. The summed E-state index contributed by atoms with van der Waals surface area (Å²) in [6.45, 7) is 9.87. The van der Waals surface area contributed by atoms with Gasteiger partial charge in [0.15, 0.2) is 0 Å². The van der Waals surface area contributed by atoms with Crippen LogP contribution in [0, 0.1) is 11.3 Å². The monoisotopic (exact) mass is 226 g/mol. The Morgan fingerprint density at radius 2 is 2.13 bits per heavy atom. The summed E-state index contributed by atoms with van der Waals surface area (Å²) in [5, 5.41) is 4.04. The van der Waals surface area contributed by atoms with Crippen LogP contribution >= 0.6 is 11.6 Å². The Hall–Kier alpha value is -0.760. The van der Waals surface area contributed by atoms with E-state index in [9.17, 15) is 0 Å². The number of nitrogens with zero attached hydrogens (tertiary/aromatic N) is 1. The van der Waals surface area contributed by atoms with Gasteiger partial charge in [-0.3, -0.25) is 4.98 Å². The molecule has 0 spiro atoms. The molecule has 0 aliphatic heterocycles. The maximum atomic E-state index is 6.01. The number of aromatic nitrogens is 1. The zero-order valence-corrected chi connectivity index (χ0v) is 10.6. The molecule has 0 saturated heterocycles. The molecule has 0 amide bonds. The highest BCUT2D eigenvalue weighted by Gasteiger charge is 2.22. The first kappa shape index (κ1) is 12.3. The largest absolute Gasteiger partial charge is 0.383 e. The normalized spacial score (nSPS) is 11.9. The van der Waals surface area contributed by atoms with E-state index in [2.05, 4.69) is 38.0 Å². The average molecular weight is 227 g/mol. The Bertz CT molecular complexity index is 321. The molecule has 2 nitrogen and oxygen atoms in total. The van der Waals surface area contributed by atoms with Crippen molar-refractivity contribution in [2.45, 2.75) is 27.7 Å². The summed E-state index contributed by atoms with van der Waals surface area (Å²) in [7, 11) is 0. The third kappa shape index (κ3) is 3.38. The molecule has 1 aromatic heterocycles. The van der Waals surface area contributed by atoms with Crippen LogP contribution in [0.15, 0.2) is 18.5 Å². The Morgan fingerprint density at radius 3 is 2.67 bits per heavy atom. The minimum absolute atomic E-state index is 0.257. The van der Waals surface area contributed by atoms with E-state index in [1.807, 2.05) is 6.07 Å². The molecule has 15 heavy (non-hydrogen) atoms. The molecule has 3 heteroatoms. The Morgan fingerprint density at radius 1 is 1.47 bits per heavy atom. The molecule has 0 atom stereocenters. The summed E-state index contributed by atoms with van der Waals surface area (Å²) in [5.74, 6) is 0.630. The van der Waals surface area contributed by atoms with Gasteiger partial charge in [-0.1, -0.05) is 39.3 Å². The van der Waals surface area contributed by atoms with E-state index in [4.69, 9.17) is 11.6 Å². The molecule has 1 aromatic rings. The van der Waals surface area contributed by atoms with Crippen LogP contribution in [0.2, 0.25) is 5.02 Å². The summed E-state index contributed by atoms with van der Waals surface area (Å²) in [6.07, 6.45) is 3.41. The molecule has 1 rings (SSSR count). The molecule has 0 fully saturated rings. The Labute approximate surface area is 97.1 Å². The predicted octanol–water partition coefficient (Wildman–Crippen LogP) is 3.83. The van der Waals surface area contributed by atoms with Crippen LogP contribution in [-0.4, -0.2) is 11.5 Å². The topological polar surface area (TPSA) is 24.9 Å². The molecule has 1 heterocycles. The molecule has 0 bridgehead atoms. The number of rotatable bonds is 4. The second-order valence-corrected chi connectivity index (χ2v) is 5.26. The van der Waals surface area contributed by atoms with E-state index < -0.39 is 0 Å². The van der Waals surface area contributed by atoms with Crippen molar-refractivity contribution in [3.8, 4) is 0 Å². The van der Waals surface area contributed by atoms with Crippen molar-refractivity contribution in [2.24, 2.45) is 11.3 Å². The van der Waals surface area contributed by atoms with Gasteiger partial charge in [-0.15, -0.1) is 0 Å². The van der Waals surface area contributed by atoms with Crippen LogP contribution in [0.5, 0.6) is 0 Å². The van der Waals surface area contributed by atoms with Crippen LogP contribution in [0.1, 0.15) is 27.7 Å². The highest BCUT2D eigenvalue weighted by molar-refractivity contribution is 6.33. The smallest absolute Gasteiger partial charge is 0.0820 e. The third-order valence-corrected chi connectivity index (χ3v) is 3.37. The second kappa shape index (κ2) is 4.84. The molecule has 0 aromatic carbocycles. The molecule has 0 radical (unpaired) electrons. The van der Waals surface area contributed by atoms with Crippen LogP contribution in [-0.2, 0) is 0 Å². The van der Waals surface area contributed by atoms with Gasteiger partial charge in [-0.25, -0.2) is 0 Å². The Balaban J connectivity index is 2.62. The van der Waals surface area contributed by atoms with Crippen LogP contribution in [0.4, 0.5) is 5.69 Å². The minimum Gasteiger partial charge on any atom is -0.383 e. The van der Waals surface area contributed by atoms with E-state index in [1.165, 1.54) is 0 Å². The fourth-order valence-corrected chi connectivity index (χ4v) is 1.23. The van der Waals surface area contributed by atoms with Gasteiger partial charge in [-0.05, 0) is 17.4 Å². The van der Waals surface area contributed by atoms with Crippen molar-refractivity contribution in [3.63, 3.8) is 0 Å². The van der Waals surface area contributed by atoms with Crippen molar-refractivity contribution in [3.05, 3.63) is 23.5 Å². The van der Waals surface area contributed by atoms with Crippen LogP contribution in [0.25, 0.3) is 0 Å². The third-order valence-electron chi connectivity index (χ3n) is 3.07. The van der Waals surface area contributed by atoms with Gasteiger partial charge in [0.05, 0.1) is 10.7 Å². The maximum absolute atomic E-state index is 6.01. The van der Waals surface area contributed by atoms with Gasteiger partial charge in [0, 0.05) is 18.9 Å². The summed E-state index contributed by atoms with van der Waals surface area (Å²) in [4.78, 5) is 3.95. The number of hydrogen-bond donors (Lipinski definition) is 1. The zero-order chi connectivity index (χ0) is 11.5. The van der Waals surface area contributed by atoms with E-state index in [-0.39, 0.29) is 5.41 Å². The lowest BCUT2D eigenvalue weighted by Crippen LogP contribution is -2.28. The van der Waals surface area contributed by atoms with E-state index in [0.29, 0.717) is 10.9 Å². The summed E-state index contributed by atoms with van der Waals surface area (Å²) >= 11 is 6.01. The molecular formula is C12H19ClN2. The first-order chi connectivity index (χ1) is 6.93. The molecule has 1 N–H and O–H groups in total. The summed E-state index contributed by atoms with van der Waals surface area (Å²) in [6, 6.07) is 1.90. The molecule has 0 unspecified atom stereocenters. The van der Waals surface area contributed by atoms with Gasteiger partial charge in [0.25, 0.3) is 0 Å². The molecule has 0 aliphatic rings. The highest BCUT2D eigenvalue weighted by atomic mass is 35.5. The SMILES string of the molecule is CC(C)C(C)(C)CNc1ccncc1Cl. The van der Waals surface area contributed by atoms with Crippen LogP contribution < -0.4 is 5.32 Å². The lowest BCUT2D eigenvalue weighted by atomic mass is 9.81. The number of pyridine rings is 1. The number of halogens is 1. The molecule has 0 aliphatic carbocycles. The van der Waals surface area contributed by atoms with Gasteiger partial charge >= 0.3 is 0 Å². The van der Waals surface area contributed by atoms with Crippen molar-refractivity contribution in [2.75, 3.05) is 11.9 Å². The van der Waals surface area contributed by atoms with Gasteiger partial charge in [0.2, 0.25) is 0 Å². The fraction of sp³-hybridized carbons (Fsp3) is 0.583. The van der Waals surface area contributed by atoms with Crippen LogP contribution in [0.3, 0.4) is 0 Å².